The zero-order chi connectivity index (χ0) is 18.1. The normalized spacial score (nSPS) is 12.5. The molecule has 1 atom stereocenters. The molecule has 2 heterocycles. The highest BCUT2D eigenvalue weighted by molar-refractivity contribution is 5.88. The Hall–Kier alpha value is -3.28. The van der Waals surface area contributed by atoms with E-state index in [2.05, 4.69) is 10.3 Å². The van der Waals surface area contributed by atoms with E-state index in [1.54, 1.807) is 10.6 Å². The Bertz CT molecular complexity index is 1140. The molecule has 0 aliphatic heterocycles. The van der Waals surface area contributed by atoms with Gasteiger partial charge in [0.15, 0.2) is 5.58 Å². The second-order valence-corrected chi connectivity index (χ2v) is 6.45. The average molecular weight is 349 g/mol. The number of fused-ring (bicyclic) bond motifs is 2. The number of para-hydroxylation sites is 3. The van der Waals surface area contributed by atoms with Crippen LogP contribution in [0.15, 0.2) is 63.9 Å². The number of nitrogens with zero attached hydrogens (tertiary/aromatic N) is 1. The van der Waals surface area contributed by atoms with E-state index in [1.165, 1.54) is 0 Å². The van der Waals surface area contributed by atoms with Crippen molar-refractivity contribution in [2.45, 2.75) is 25.9 Å². The summed E-state index contributed by atoms with van der Waals surface area (Å²) in [4.78, 5) is 27.6. The molecule has 26 heavy (non-hydrogen) atoms. The van der Waals surface area contributed by atoms with Gasteiger partial charge in [-0.2, -0.15) is 0 Å². The van der Waals surface area contributed by atoms with Crippen LogP contribution in [-0.2, 0) is 17.8 Å². The molecule has 0 unspecified atom stereocenters. The van der Waals surface area contributed by atoms with Crippen molar-refractivity contribution in [2.75, 3.05) is 0 Å². The van der Waals surface area contributed by atoms with Crippen LogP contribution in [0.25, 0.3) is 22.0 Å². The van der Waals surface area contributed by atoms with Gasteiger partial charge in [0.25, 0.3) is 0 Å². The van der Waals surface area contributed by atoms with E-state index in [0.29, 0.717) is 12.1 Å². The molecule has 0 saturated heterocycles. The molecule has 0 radical (unpaired) electrons. The third-order valence-electron chi connectivity index (χ3n) is 4.46. The highest BCUT2D eigenvalue weighted by atomic mass is 16.4. The topological polar surface area (TPSA) is 80.0 Å². The molecule has 4 aromatic rings. The van der Waals surface area contributed by atoms with Crippen molar-refractivity contribution in [2.24, 2.45) is 0 Å². The molecule has 0 spiro atoms. The second-order valence-electron chi connectivity index (χ2n) is 6.45. The number of carbonyl (C=O) groups excluding carboxylic acids is 1. The Kier molecular flexibility index (Phi) is 4.08. The Morgan fingerprint density at radius 2 is 1.96 bits per heavy atom. The van der Waals surface area contributed by atoms with Gasteiger partial charge in [-0.3, -0.25) is 9.36 Å². The van der Waals surface area contributed by atoms with Gasteiger partial charge in [0.05, 0.1) is 11.9 Å². The first-order valence-electron chi connectivity index (χ1n) is 8.54. The maximum Gasteiger partial charge on any atom is 0.420 e. The van der Waals surface area contributed by atoms with Crippen molar-refractivity contribution < 1.29 is 9.21 Å². The van der Waals surface area contributed by atoms with Gasteiger partial charge in [0.2, 0.25) is 5.91 Å². The van der Waals surface area contributed by atoms with E-state index >= 15 is 0 Å². The largest absolute Gasteiger partial charge is 0.420 e. The average Bonchev–Trinajstić information content (AvgIpc) is 3.16. The number of hydrogen-bond donors (Lipinski definition) is 2. The number of H-pyrrole nitrogens is 1. The summed E-state index contributed by atoms with van der Waals surface area (Å²) in [6, 6.07) is 15.0. The van der Waals surface area contributed by atoms with Crippen molar-refractivity contribution >= 4 is 27.9 Å². The number of hydrogen-bond acceptors (Lipinski definition) is 3. The number of carbonyl (C=O) groups is 1. The number of aromatic amines is 1. The standard InChI is InChI=1S/C20H19N3O3/c1-13(12-23-17-8-4-5-9-18(17)26-20(23)25)22-19(24)10-14-11-21-16-7-3-2-6-15(14)16/h2-9,11,13,21H,10,12H2,1H3,(H,22,24)/t13-/m1/s1. The summed E-state index contributed by atoms with van der Waals surface area (Å²) in [6.07, 6.45) is 2.15. The zero-order valence-electron chi connectivity index (χ0n) is 14.4. The van der Waals surface area contributed by atoms with Crippen molar-refractivity contribution in [3.8, 4) is 0 Å². The summed E-state index contributed by atoms with van der Waals surface area (Å²) >= 11 is 0. The molecule has 2 N–H and O–H groups in total. The molecule has 0 saturated carbocycles. The lowest BCUT2D eigenvalue weighted by molar-refractivity contribution is -0.121. The molecule has 2 aromatic heterocycles. The monoisotopic (exact) mass is 349 g/mol. The van der Waals surface area contributed by atoms with Crippen LogP contribution in [0.1, 0.15) is 12.5 Å². The Morgan fingerprint density at radius 1 is 1.19 bits per heavy atom. The molecular weight excluding hydrogens is 330 g/mol. The van der Waals surface area contributed by atoms with Crippen LogP contribution in [0, 0.1) is 0 Å². The predicted octanol–water partition coefficient (Wildman–Crippen LogP) is 2.82. The van der Waals surface area contributed by atoms with E-state index < -0.39 is 5.76 Å². The lowest BCUT2D eigenvalue weighted by Gasteiger charge is -2.14. The fraction of sp³-hybridized carbons (Fsp3) is 0.200. The van der Waals surface area contributed by atoms with E-state index in [4.69, 9.17) is 4.42 Å². The van der Waals surface area contributed by atoms with Crippen LogP contribution in [0.3, 0.4) is 0 Å². The predicted molar refractivity (Wildman–Crippen MR) is 100 cm³/mol. The SMILES string of the molecule is C[C@H](Cn1c(=O)oc2ccccc21)NC(=O)Cc1c[nH]c2ccccc12. The number of oxazole rings is 1. The molecule has 132 valence electrons. The van der Waals surface area contributed by atoms with Crippen LogP contribution in [-0.4, -0.2) is 21.5 Å². The first-order valence-corrected chi connectivity index (χ1v) is 8.54. The molecule has 6 nitrogen and oxygen atoms in total. The molecule has 0 aliphatic carbocycles. The quantitative estimate of drug-likeness (QED) is 0.581. The second kappa shape index (κ2) is 6.55. The number of rotatable bonds is 5. The molecule has 2 aromatic carbocycles. The van der Waals surface area contributed by atoms with Crippen molar-refractivity contribution in [3.05, 3.63) is 70.8 Å². The lowest BCUT2D eigenvalue weighted by atomic mass is 10.1. The summed E-state index contributed by atoms with van der Waals surface area (Å²) in [5.41, 5.74) is 3.25. The van der Waals surface area contributed by atoms with Crippen molar-refractivity contribution in [1.82, 2.24) is 14.9 Å². The van der Waals surface area contributed by atoms with E-state index in [1.807, 2.05) is 55.6 Å². The summed E-state index contributed by atoms with van der Waals surface area (Å²) in [5.74, 6) is -0.493. The molecule has 0 bridgehead atoms. The molecule has 4 rings (SSSR count). The number of benzene rings is 2. The van der Waals surface area contributed by atoms with Gasteiger partial charge in [0.1, 0.15) is 0 Å². The highest BCUT2D eigenvalue weighted by Crippen LogP contribution is 2.18. The van der Waals surface area contributed by atoms with E-state index in [0.717, 1.165) is 22.0 Å². The highest BCUT2D eigenvalue weighted by Gasteiger charge is 2.15. The molecule has 0 aliphatic rings. The maximum absolute atomic E-state index is 12.4. The minimum Gasteiger partial charge on any atom is -0.408 e. The van der Waals surface area contributed by atoms with Crippen LogP contribution >= 0.6 is 0 Å². The maximum atomic E-state index is 12.4. The van der Waals surface area contributed by atoms with Crippen LogP contribution in [0.2, 0.25) is 0 Å². The number of nitrogens with one attached hydrogen (secondary N) is 2. The first kappa shape index (κ1) is 16.2. The van der Waals surface area contributed by atoms with E-state index in [-0.39, 0.29) is 18.4 Å². The van der Waals surface area contributed by atoms with E-state index in [9.17, 15) is 9.59 Å². The third-order valence-corrected chi connectivity index (χ3v) is 4.46. The zero-order valence-corrected chi connectivity index (χ0v) is 14.4. The van der Waals surface area contributed by atoms with Gasteiger partial charge in [-0.15, -0.1) is 0 Å². The third kappa shape index (κ3) is 3.01. The minimum absolute atomic E-state index is 0.0805. The van der Waals surface area contributed by atoms with Gasteiger partial charge in [-0.05, 0) is 30.7 Å². The van der Waals surface area contributed by atoms with Gasteiger partial charge in [-0.1, -0.05) is 30.3 Å². The summed E-state index contributed by atoms with van der Waals surface area (Å²) in [6.45, 7) is 2.23. The number of amides is 1. The molecular formula is C20H19N3O3. The van der Waals surface area contributed by atoms with Crippen LogP contribution in [0.5, 0.6) is 0 Å². The van der Waals surface area contributed by atoms with Crippen molar-refractivity contribution in [3.63, 3.8) is 0 Å². The Labute approximate surface area is 149 Å². The summed E-state index contributed by atoms with van der Waals surface area (Å²) in [5, 5.41) is 4.01. The fourth-order valence-corrected chi connectivity index (χ4v) is 3.28. The fourth-order valence-electron chi connectivity index (χ4n) is 3.28. The van der Waals surface area contributed by atoms with Gasteiger partial charge < -0.3 is 14.7 Å². The Morgan fingerprint density at radius 3 is 2.85 bits per heavy atom. The molecule has 1 amide bonds. The van der Waals surface area contributed by atoms with Gasteiger partial charge in [-0.25, -0.2) is 4.79 Å². The summed E-state index contributed by atoms with van der Waals surface area (Å²) < 4.78 is 6.78. The van der Waals surface area contributed by atoms with Crippen molar-refractivity contribution in [1.29, 1.82) is 0 Å². The summed E-state index contributed by atoms with van der Waals surface area (Å²) in [7, 11) is 0. The molecule has 0 fully saturated rings. The smallest absolute Gasteiger partial charge is 0.408 e. The Balaban J connectivity index is 1.46. The van der Waals surface area contributed by atoms with Gasteiger partial charge in [0, 0.05) is 29.7 Å². The number of aromatic nitrogens is 2. The lowest BCUT2D eigenvalue weighted by Crippen LogP contribution is -2.38. The minimum atomic E-state index is -0.413. The van der Waals surface area contributed by atoms with Gasteiger partial charge >= 0.3 is 5.76 Å². The molecule has 6 heteroatoms. The van der Waals surface area contributed by atoms with Crippen LogP contribution in [0.4, 0.5) is 0 Å². The van der Waals surface area contributed by atoms with Crippen LogP contribution < -0.4 is 11.1 Å². The first-order chi connectivity index (χ1) is 12.6.